The molecule has 1 N–H and O–H groups in total. The minimum absolute atomic E-state index is 0.0153. The van der Waals surface area contributed by atoms with Crippen LogP contribution in [0.4, 0.5) is 5.69 Å². The van der Waals surface area contributed by atoms with Crippen LogP contribution in [0.25, 0.3) is 11.3 Å². The molecular formula is C15H12N4O5. The molecule has 0 radical (unpaired) electrons. The van der Waals surface area contributed by atoms with E-state index in [4.69, 9.17) is 9.47 Å². The molecule has 24 heavy (non-hydrogen) atoms. The van der Waals surface area contributed by atoms with Crippen molar-refractivity contribution in [2.75, 3.05) is 14.2 Å². The lowest BCUT2D eigenvalue weighted by molar-refractivity contribution is -0.385. The molecule has 1 aromatic carbocycles. The predicted octanol–water partition coefficient (Wildman–Crippen LogP) is 2.35. The second-order valence-electron chi connectivity index (χ2n) is 4.41. The van der Waals surface area contributed by atoms with Crippen molar-refractivity contribution in [3.05, 3.63) is 52.1 Å². The van der Waals surface area contributed by atoms with Gasteiger partial charge in [0.15, 0.2) is 5.75 Å². The van der Waals surface area contributed by atoms with Crippen molar-refractivity contribution in [3.63, 3.8) is 0 Å². The largest absolute Gasteiger partial charge is 0.506 e. The highest BCUT2D eigenvalue weighted by Crippen LogP contribution is 2.40. The number of rotatable bonds is 5. The van der Waals surface area contributed by atoms with E-state index in [2.05, 4.69) is 9.97 Å². The number of allylic oxidation sites excluding steroid dienone is 1. The Morgan fingerprint density at radius 2 is 2.08 bits per heavy atom. The fraction of sp³-hybridized carbons (Fsp3) is 0.133. The maximum Gasteiger partial charge on any atom is 0.315 e. The Labute approximate surface area is 136 Å². The molecule has 0 aliphatic rings. The predicted molar refractivity (Wildman–Crippen MR) is 83.3 cm³/mol. The number of nitro benzene ring substituents is 1. The Bertz CT molecular complexity index is 843. The topological polar surface area (TPSA) is 131 Å². The van der Waals surface area contributed by atoms with Crippen molar-refractivity contribution in [2.45, 2.75) is 0 Å². The SMILES string of the molecule is COc1cc(C(O)=C(C#N)c2cnccn2)cc([N+](=O)[O-])c1OC. The molecule has 0 spiro atoms. The van der Waals surface area contributed by atoms with Crippen LogP contribution >= 0.6 is 0 Å². The van der Waals surface area contributed by atoms with Crippen LogP contribution in [0.3, 0.4) is 0 Å². The van der Waals surface area contributed by atoms with Gasteiger partial charge in [0.25, 0.3) is 0 Å². The number of benzene rings is 1. The van der Waals surface area contributed by atoms with Crippen LogP contribution in [0.2, 0.25) is 0 Å². The number of methoxy groups -OCH3 is 2. The van der Waals surface area contributed by atoms with Gasteiger partial charge in [-0.05, 0) is 6.07 Å². The first-order valence-corrected chi connectivity index (χ1v) is 6.54. The quantitative estimate of drug-likeness (QED) is 0.383. The number of hydrogen-bond acceptors (Lipinski definition) is 8. The summed E-state index contributed by atoms with van der Waals surface area (Å²) in [6.45, 7) is 0. The van der Waals surface area contributed by atoms with Crippen LogP contribution in [0.15, 0.2) is 30.7 Å². The zero-order chi connectivity index (χ0) is 17.7. The van der Waals surface area contributed by atoms with E-state index >= 15 is 0 Å². The number of aliphatic hydroxyl groups is 1. The molecule has 0 atom stereocenters. The van der Waals surface area contributed by atoms with E-state index in [1.54, 1.807) is 0 Å². The van der Waals surface area contributed by atoms with E-state index in [1.807, 2.05) is 6.07 Å². The number of nitrogens with zero attached hydrogens (tertiary/aromatic N) is 4. The van der Waals surface area contributed by atoms with Gasteiger partial charge in [0.2, 0.25) is 5.75 Å². The Morgan fingerprint density at radius 3 is 2.58 bits per heavy atom. The molecule has 0 aliphatic heterocycles. The molecule has 2 aromatic rings. The smallest absolute Gasteiger partial charge is 0.315 e. The van der Waals surface area contributed by atoms with Crippen molar-refractivity contribution < 1.29 is 19.5 Å². The maximum atomic E-state index is 11.2. The van der Waals surface area contributed by atoms with E-state index in [9.17, 15) is 20.5 Å². The summed E-state index contributed by atoms with van der Waals surface area (Å²) >= 11 is 0. The van der Waals surface area contributed by atoms with Gasteiger partial charge in [0.05, 0.1) is 25.3 Å². The Balaban J connectivity index is 2.71. The first-order chi connectivity index (χ1) is 11.5. The first-order valence-electron chi connectivity index (χ1n) is 6.54. The number of ether oxygens (including phenoxy) is 2. The van der Waals surface area contributed by atoms with Gasteiger partial charge in [-0.3, -0.25) is 20.1 Å². The summed E-state index contributed by atoms with van der Waals surface area (Å²) < 4.78 is 10.0. The van der Waals surface area contributed by atoms with Gasteiger partial charge in [-0.1, -0.05) is 0 Å². The van der Waals surface area contributed by atoms with E-state index in [0.717, 1.165) is 6.07 Å². The lowest BCUT2D eigenvalue weighted by atomic mass is 10.1. The maximum absolute atomic E-state index is 11.2. The molecule has 122 valence electrons. The van der Waals surface area contributed by atoms with E-state index in [0.29, 0.717) is 0 Å². The normalized spacial score (nSPS) is 11.2. The lowest BCUT2D eigenvalue weighted by Gasteiger charge is -2.11. The molecule has 2 rings (SSSR count). The van der Waals surface area contributed by atoms with Gasteiger partial charge in [0, 0.05) is 24.0 Å². The van der Waals surface area contributed by atoms with Crippen LogP contribution in [0.1, 0.15) is 11.3 Å². The molecule has 0 bridgehead atoms. The van der Waals surface area contributed by atoms with Crippen LogP contribution in [0.5, 0.6) is 11.5 Å². The van der Waals surface area contributed by atoms with Crippen LogP contribution in [-0.4, -0.2) is 34.2 Å². The monoisotopic (exact) mass is 328 g/mol. The van der Waals surface area contributed by atoms with Crippen molar-refractivity contribution in [1.29, 1.82) is 5.26 Å². The highest BCUT2D eigenvalue weighted by Gasteiger charge is 2.24. The first kappa shape index (κ1) is 16.7. The fourth-order valence-electron chi connectivity index (χ4n) is 2.02. The highest BCUT2D eigenvalue weighted by atomic mass is 16.6. The number of nitriles is 1. The summed E-state index contributed by atoms with van der Waals surface area (Å²) in [5, 5.41) is 30.9. The number of nitro groups is 1. The van der Waals surface area contributed by atoms with Crippen molar-refractivity contribution in [3.8, 4) is 17.6 Å². The molecule has 1 aromatic heterocycles. The van der Waals surface area contributed by atoms with Gasteiger partial charge in [-0.25, -0.2) is 0 Å². The number of hydrogen-bond donors (Lipinski definition) is 1. The summed E-state index contributed by atoms with van der Waals surface area (Å²) in [6, 6.07) is 4.23. The average Bonchev–Trinajstić information content (AvgIpc) is 2.61. The Kier molecular flexibility index (Phi) is 4.91. The molecule has 0 fully saturated rings. The lowest BCUT2D eigenvalue weighted by Crippen LogP contribution is -2.00. The second-order valence-corrected chi connectivity index (χ2v) is 4.41. The van der Waals surface area contributed by atoms with E-state index in [-0.39, 0.29) is 28.3 Å². The van der Waals surface area contributed by atoms with Gasteiger partial charge >= 0.3 is 5.69 Å². The van der Waals surface area contributed by atoms with Crippen molar-refractivity contribution >= 4 is 17.0 Å². The molecule has 0 unspecified atom stereocenters. The molecule has 0 saturated heterocycles. The van der Waals surface area contributed by atoms with E-state index < -0.39 is 16.4 Å². The van der Waals surface area contributed by atoms with Gasteiger partial charge in [0.1, 0.15) is 23.1 Å². The third-order valence-electron chi connectivity index (χ3n) is 3.10. The molecule has 0 amide bonds. The van der Waals surface area contributed by atoms with Crippen LogP contribution in [-0.2, 0) is 0 Å². The highest BCUT2D eigenvalue weighted by molar-refractivity contribution is 5.93. The van der Waals surface area contributed by atoms with Gasteiger partial charge < -0.3 is 14.6 Å². The summed E-state index contributed by atoms with van der Waals surface area (Å²) in [7, 11) is 2.57. The molecule has 1 heterocycles. The van der Waals surface area contributed by atoms with E-state index in [1.165, 1.54) is 38.9 Å². The number of aromatic nitrogens is 2. The third kappa shape index (κ3) is 3.07. The second kappa shape index (κ2) is 7.06. The van der Waals surface area contributed by atoms with Crippen molar-refractivity contribution in [1.82, 2.24) is 9.97 Å². The summed E-state index contributed by atoms with van der Waals surface area (Å²) in [6.07, 6.45) is 4.07. The summed E-state index contributed by atoms with van der Waals surface area (Å²) in [4.78, 5) is 18.3. The third-order valence-corrected chi connectivity index (χ3v) is 3.10. The number of aliphatic hydroxyl groups excluding tert-OH is 1. The molecular weight excluding hydrogens is 316 g/mol. The average molecular weight is 328 g/mol. The Morgan fingerprint density at radius 1 is 1.33 bits per heavy atom. The Hall–Kier alpha value is -3.67. The summed E-state index contributed by atoms with van der Waals surface area (Å²) in [5.41, 5.74) is -0.434. The zero-order valence-corrected chi connectivity index (χ0v) is 12.8. The molecule has 0 saturated carbocycles. The zero-order valence-electron chi connectivity index (χ0n) is 12.8. The minimum Gasteiger partial charge on any atom is -0.506 e. The van der Waals surface area contributed by atoms with Crippen molar-refractivity contribution in [2.24, 2.45) is 0 Å². The van der Waals surface area contributed by atoms with Gasteiger partial charge in [-0.15, -0.1) is 0 Å². The van der Waals surface area contributed by atoms with Crippen LogP contribution < -0.4 is 9.47 Å². The molecule has 0 aliphatic carbocycles. The van der Waals surface area contributed by atoms with Crippen LogP contribution in [0, 0.1) is 21.4 Å². The molecule has 9 nitrogen and oxygen atoms in total. The summed E-state index contributed by atoms with van der Waals surface area (Å²) in [5.74, 6) is -0.524. The standard InChI is InChI=1S/C15H12N4O5/c1-23-13-6-9(5-12(19(21)22)15(13)24-2)14(20)10(7-16)11-8-17-3-4-18-11/h3-6,8,20H,1-2H3. The minimum atomic E-state index is -0.674. The fourth-order valence-corrected chi connectivity index (χ4v) is 2.02. The molecule has 9 heteroatoms. The van der Waals surface area contributed by atoms with Gasteiger partial charge in [-0.2, -0.15) is 5.26 Å².